The molecule has 2 aromatic carbocycles. The molecular weight excluding hydrogens is 245 g/mol. The van der Waals surface area contributed by atoms with Gasteiger partial charge in [-0.3, -0.25) is 0 Å². The van der Waals surface area contributed by atoms with Crippen LogP contribution in [0.1, 0.15) is 11.6 Å². The van der Waals surface area contributed by atoms with Crippen LogP contribution in [0.25, 0.3) is 0 Å². The highest BCUT2D eigenvalue weighted by atomic mass is 32.2. The molecule has 0 saturated heterocycles. The molecule has 94 valence electrons. The van der Waals surface area contributed by atoms with Gasteiger partial charge in [-0.2, -0.15) is 0 Å². The lowest BCUT2D eigenvalue weighted by Crippen LogP contribution is -2.18. The zero-order valence-electron chi connectivity index (χ0n) is 10.3. The van der Waals surface area contributed by atoms with Gasteiger partial charge in [-0.25, -0.2) is 4.39 Å². The van der Waals surface area contributed by atoms with Gasteiger partial charge >= 0.3 is 0 Å². The van der Waals surface area contributed by atoms with Crippen molar-refractivity contribution in [1.82, 2.24) is 5.32 Å². The Kier molecular flexibility index (Phi) is 4.79. The van der Waals surface area contributed by atoms with Gasteiger partial charge in [0.2, 0.25) is 0 Å². The summed E-state index contributed by atoms with van der Waals surface area (Å²) in [6.07, 6.45) is 0. The lowest BCUT2D eigenvalue weighted by molar-refractivity contribution is 0.624. The predicted molar refractivity (Wildman–Crippen MR) is 75.4 cm³/mol. The van der Waals surface area contributed by atoms with Crippen molar-refractivity contribution in [1.29, 1.82) is 0 Å². The van der Waals surface area contributed by atoms with Gasteiger partial charge in [0, 0.05) is 16.7 Å². The summed E-state index contributed by atoms with van der Waals surface area (Å²) in [6.45, 7) is 0. The Bertz CT molecular complexity index is 487. The van der Waals surface area contributed by atoms with E-state index >= 15 is 0 Å². The van der Waals surface area contributed by atoms with E-state index in [1.54, 1.807) is 23.9 Å². The molecule has 0 heterocycles. The second-order valence-corrected chi connectivity index (χ2v) is 5.11. The van der Waals surface area contributed by atoms with Gasteiger partial charge in [0.1, 0.15) is 5.82 Å². The lowest BCUT2D eigenvalue weighted by atomic mass is 10.1. The van der Waals surface area contributed by atoms with Crippen molar-refractivity contribution in [2.45, 2.75) is 10.9 Å². The third-order valence-corrected chi connectivity index (χ3v) is 3.85. The van der Waals surface area contributed by atoms with Crippen LogP contribution in [-0.4, -0.2) is 12.8 Å². The number of nitrogens with one attached hydrogen (secondary N) is 1. The van der Waals surface area contributed by atoms with Gasteiger partial charge in [0.05, 0.1) is 0 Å². The maximum atomic E-state index is 13.1. The number of hydrogen-bond acceptors (Lipinski definition) is 2. The summed E-state index contributed by atoms with van der Waals surface area (Å²) in [6, 6.07) is 17.3. The summed E-state index contributed by atoms with van der Waals surface area (Å²) in [7, 11) is 1.95. The zero-order valence-corrected chi connectivity index (χ0v) is 11.1. The average Bonchev–Trinajstić information content (AvgIpc) is 2.41. The third kappa shape index (κ3) is 3.59. The summed E-state index contributed by atoms with van der Waals surface area (Å²) in [5, 5.41) is 3.29. The molecule has 0 spiro atoms. The molecule has 0 radical (unpaired) electrons. The van der Waals surface area contributed by atoms with Crippen LogP contribution in [0.5, 0.6) is 0 Å². The molecular formula is C15H16FNS. The van der Waals surface area contributed by atoms with Gasteiger partial charge in [-0.05, 0) is 30.8 Å². The highest BCUT2D eigenvalue weighted by molar-refractivity contribution is 7.99. The predicted octanol–water partition coefficient (Wildman–Crippen LogP) is 3.88. The van der Waals surface area contributed by atoms with Gasteiger partial charge in [0.25, 0.3) is 0 Å². The van der Waals surface area contributed by atoms with Crippen LogP contribution in [0.2, 0.25) is 0 Å². The quantitative estimate of drug-likeness (QED) is 0.820. The van der Waals surface area contributed by atoms with Crippen LogP contribution in [0.4, 0.5) is 4.39 Å². The molecule has 0 fully saturated rings. The van der Waals surface area contributed by atoms with Crippen LogP contribution in [-0.2, 0) is 0 Å². The summed E-state index contributed by atoms with van der Waals surface area (Å²) in [4.78, 5) is 0.964. The maximum Gasteiger partial charge on any atom is 0.124 e. The first kappa shape index (κ1) is 13.1. The van der Waals surface area contributed by atoms with Crippen molar-refractivity contribution < 1.29 is 4.39 Å². The smallest absolute Gasteiger partial charge is 0.124 e. The molecule has 3 heteroatoms. The molecule has 1 N–H and O–H groups in total. The van der Waals surface area contributed by atoms with Crippen molar-refractivity contribution in [3.8, 4) is 0 Å². The topological polar surface area (TPSA) is 12.0 Å². The van der Waals surface area contributed by atoms with E-state index < -0.39 is 0 Å². The molecule has 18 heavy (non-hydrogen) atoms. The van der Waals surface area contributed by atoms with E-state index in [0.717, 1.165) is 10.6 Å². The Labute approximate surface area is 111 Å². The number of thioether (sulfide) groups is 1. The first-order chi connectivity index (χ1) is 8.79. The van der Waals surface area contributed by atoms with E-state index in [0.29, 0.717) is 0 Å². The Balaban J connectivity index is 2.00. The average molecular weight is 261 g/mol. The van der Waals surface area contributed by atoms with Crippen molar-refractivity contribution in [2.24, 2.45) is 0 Å². The summed E-state index contributed by atoms with van der Waals surface area (Å²) in [5.41, 5.74) is 1.25. The van der Waals surface area contributed by atoms with E-state index in [9.17, 15) is 4.39 Å². The minimum Gasteiger partial charge on any atom is -0.312 e. The molecule has 0 aliphatic heterocycles. The van der Waals surface area contributed by atoms with E-state index in [2.05, 4.69) is 17.4 Å². The van der Waals surface area contributed by atoms with Crippen molar-refractivity contribution in [3.05, 3.63) is 66.0 Å². The number of halogens is 1. The van der Waals surface area contributed by atoms with Crippen molar-refractivity contribution in [3.63, 3.8) is 0 Å². The van der Waals surface area contributed by atoms with E-state index in [1.807, 2.05) is 31.3 Å². The summed E-state index contributed by atoms with van der Waals surface area (Å²) >= 11 is 1.66. The normalized spacial score (nSPS) is 12.3. The van der Waals surface area contributed by atoms with Crippen LogP contribution < -0.4 is 5.32 Å². The molecule has 2 aromatic rings. The number of rotatable bonds is 5. The van der Waals surface area contributed by atoms with E-state index in [4.69, 9.17) is 0 Å². The van der Waals surface area contributed by atoms with Crippen molar-refractivity contribution >= 4 is 11.8 Å². The highest BCUT2D eigenvalue weighted by Crippen LogP contribution is 2.24. The molecule has 2 rings (SSSR count). The first-order valence-corrected chi connectivity index (χ1v) is 6.89. The molecule has 1 unspecified atom stereocenters. The van der Waals surface area contributed by atoms with Gasteiger partial charge in [-0.15, -0.1) is 11.8 Å². The van der Waals surface area contributed by atoms with Crippen LogP contribution in [0, 0.1) is 5.82 Å². The third-order valence-electron chi connectivity index (χ3n) is 2.76. The first-order valence-electron chi connectivity index (χ1n) is 5.90. The molecule has 0 aromatic heterocycles. The summed E-state index contributed by atoms with van der Waals surface area (Å²) < 4.78 is 13.1. The standard InChI is InChI=1S/C15H16FNS/c1-17-15(12-6-3-2-4-7-12)11-18-14-9-5-8-13(16)10-14/h2-10,15,17H,11H2,1H3. The van der Waals surface area contributed by atoms with Crippen LogP contribution in [0.3, 0.4) is 0 Å². The Hall–Kier alpha value is -1.32. The molecule has 0 aliphatic rings. The monoisotopic (exact) mass is 261 g/mol. The SMILES string of the molecule is CNC(CSc1cccc(F)c1)c1ccccc1. The number of hydrogen-bond donors (Lipinski definition) is 1. The zero-order chi connectivity index (χ0) is 12.8. The molecule has 1 nitrogen and oxygen atoms in total. The van der Waals surface area contributed by atoms with E-state index in [1.165, 1.54) is 11.6 Å². The molecule has 0 aliphatic carbocycles. The second-order valence-electron chi connectivity index (χ2n) is 4.02. The Morgan fingerprint density at radius 1 is 1.11 bits per heavy atom. The molecule has 1 atom stereocenters. The van der Waals surface area contributed by atoms with Crippen molar-refractivity contribution in [2.75, 3.05) is 12.8 Å². The van der Waals surface area contributed by atoms with Crippen LogP contribution in [0.15, 0.2) is 59.5 Å². The lowest BCUT2D eigenvalue weighted by Gasteiger charge is -2.16. The second kappa shape index (κ2) is 6.57. The van der Waals surface area contributed by atoms with Crippen LogP contribution >= 0.6 is 11.8 Å². The van der Waals surface area contributed by atoms with Gasteiger partial charge < -0.3 is 5.32 Å². The van der Waals surface area contributed by atoms with E-state index in [-0.39, 0.29) is 11.9 Å². The fourth-order valence-corrected chi connectivity index (χ4v) is 2.86. The Morgan fingerprint density at radius 3 is 2.56 bits per heavy atom. The number of benzene rings is 2. The van der Waals surface area contributed by atoms with Gasteiger partial charge in [0.15, 0.2) is 0 Å². The largest absolute Gasteiger partial charge is 0.312 e. The minimum atomic E-state index is -0.180. The molecule has 0 saturated carbocycles. The Morgan fingerprint density at radius 2 is 1.89 bits per heavy atom. The minimum absolute atomic E-state index is 0.180. The fraction of sp³-hybridized carbons (Fsp3) is 0.200. The molecule has 0 amide bonds. The molecule has 0 bridgehead atoms. The maximum absolute atomic E-state index is 13.1. The summed E-state index contributed by atoms with van der Waals surface area (Å²) in [5.74, 6) is 0.699. The highest BCUT2D eigenvalue weighted by Gasteiger charge is 2.09. The fourth-order valence-electron chi connectivity index (χ4n) is 1.77. The van der Waals surface area contributed by atoms with Gasteiger partial charge in [-0.1, -0.05) is 36.4 Å².